The quantitative estimate of drug-likeness (QED) is 0.655. The summed E-state index contributed by atoms with van der Waals surface area (Å²) < 4.78 is 41.7. The van der Waals surface area contributed by atoms with E-state index in [1.807, 2.05) is 13.8 Å². The molecule has 3 rings (SSSR count). The standard InChI is InChI=1S/C19H17F3N4O2/c1-3-10(2)23-19(28)17-25-16(13-6-4-5-9-26(13)17)18(27)24-12-8-7-11(20)14(21)15(12)22/h4-10H,3H2,1-2H3,(H,23,28)(H,24,27). The van der Waals surface area contributed by atoms with Crippen molar-refractivity contribution in [2.24, 2.45) is 0 Å². The van der Waals surface area contributed by atoms with Gasteiger partial charge in [-0.15, -0.1) is 0 Å². The predicted octanol–water partition coefficient (Wildman–Crippen LogP) is 3.53. The van der Waals surface area contributed by atoms with E-state index in [1.165, 1.54) is 4.40 Å². The largest absolute Gasteiger partial charge is 0.347 e. The lowest BCUT2D eigenvalue weighted by molar-refractivity contribution is 0.0928. The summed E-state index contributed by atoms with van der Waals surface area (Å²) in [6.45, 7) is 3.73. The number of carbonyl (C=O) groups is 2. The summed E-state index contributed by atoms with van der Waals surface area (Å²) in [5.41, 5.74) is -0.386. The molecule has 6 nitrogen and oxygen atoms in total. The van der Waals surface area contributed by atoms with Gasteiger partial charge in [-0.25, -0.2) is 18.2 Å². The smallest absolute Gasteiger partial charge is 0.287 e. The van der Waals surface area contributed by atoms with Crippen molar-refractivity contribution < 1.29 is 22.8 Å². The number of imidazole rings is 1. The summed E-state index contributed by atoms with van der Waals surface area (Å²) >= 11 is 0. The number of fused-ring (bicyclic) bond motifs is 1. The first-order valence-corrected chi connectivity index (χ1v) is 8.56. The molecule has 2 N–H and O–H groups in total. The molecular weight excluding hydrogens is 373 g/mol. The number of rotatable bonds is 5. The third-order valence-electron chi connectivity index (χ3n) is 4.24. The highest BCUT2D eigenvalue weighted by Gasteiger charge is 2.23. The Hall–Kier alpha value is -3.36. The van der Waals surface area contributed by atoms with E-state index >= 15 is 0 Å². The lowest BCUT2D eigenvalue weighted by atomic mass is 10.2. The Labute approximate surface area is 158 Å². The Morgan fingerprint density at radius 2 is 1.86 bits per heavy atom. The van der Waals surface area contributed by atoms with Crippen LogP contribution in [0.4, 0.5) is 18.9 Å². The molecule has 0 radical (unpaired) electrons. The molecule has 2 aromatic heterocycles. The van der Waals surface area contributed by atoms with Gasteiger partial charge in [-0.2, -0.15) is 0 Å². The zero-order valence-electron chi connectivity index (χ0n) is 15.1. The molecule has 0 aliphatic rings. The number of pyridine rings is 1. The Morgan fingerprint density at radius 3 is 2.57 bits per heavy atom. The number of carbonyl (C=O) groups excluding carboxylic acids is 2. The Balaban J connectivity index is 1.98. The van der Waals surface area contributed by atoms with E-state index in [0.717, 1.165) is 6.07 Å². The fraction of sp³-hybridized carbons (Fsp3) is 0.211. The molecule has 2 heterocycles. The lowest BCUT2D eigenvalue weighted by Gasteiger charge is -2.10. The van der Waals surface area contributed by atoms with Gasteiger partial charge < -0.3 is 10.6 Å². The molecule has 0 aliphatic heterocycles. The molecule has 1 atom stereocenters. The van der Waals surface area contributed by atoms with Crippen LogP contribution in [-0.4, -0.2) is 27.2 Å². The summed E-state index contributed by atoms with van der Waals surface area (Å²) in [5, 5.41) is 4.92. The summed E-state index contributed by atoms with van der Waals surface area (Å²) in [6, 6.07) is 6.36. The number of halogens is 3. The summed E-state index contributed by atoms with van der Waals surface area (Å²) in [6.07, 6.45) is 2.26. The number of nitrogens with zero attached hydrogens (tertiary/aromatic N) is 2. The van der Waals surface area contributed by atoms with Crippen LogP contribution in [0.5, 0.6) is 0 Å². The molecule has 1 aromatic carbocycles. The van der Waals surface area contributed by atoms with Crippen LogP contribution in [0.1, 0.15) is 41.4 Å². The Morgan fingerprint density at radius 1 is 1.11 bits per heavy atom. The van der Waals surface area contributed by atoms with Crippen molar-refractivity contribution in [1.82, 2.24) is 14.7 Å². The van der Waals surface area contributed by atoms with Gasteiger partial charge in [0.1, 0.15) is 0 Å². The predicted molar refractivity (Wildman–Crippen MR) is 96.7 cm³/mol. The van der Waals surface area contributed by atoms with E-state index in [2.05, 4.69) is 15.6 Å². The van der Waals surface area contributed by atoms with Crippen LogP contribution in [0.15, 0.2) is 36.5 Å². The molecule has 28 heavy (non-hydrogen) atoms. The SMILES string of the molecule is CCC(C)NC(=O)c1nc(C(=O)Nc2ccc(F)c(F)c2F)c2ccccn12. The number of anilines is 1. The van der Waals surface area contributed by atoms with Gasteiger partial charge in [0.15, 0.2) is 23.1 Å². The topological polar surface area (TPSA) is 75.5 Å². The Kier molecular flexibility index (Phi) is 5.34. The molecule has 1 unspecified atom stereocenters. The van der Waals surface area contributed by atoms with Crippen molar-refractivity contribution in [3.05, 3.63) is 65.5 Å². The van der Waals surface area contributed by atoms with Crippen molar-refractivity contribution >= 4 is 23.0 Å². The van der Waals surface area contributed by atoms with Gasteiger partial charge in [-0.3, -0.25) is 14.0 Å². The van der Waals surface area contributed by atoms with E-state index in [4.69, 9.17) is 0 Å². The van der Waals surface area contributed by atoms with Gasteiger partial charge in [-0.1, -0.05) is 13.0 Å². The zero-order valence-corrected chi connectivity index (χ0v) is 15.1. The van der Waals surface area contributed by atoms with E-state index in [9.17, 15) is 22.8 Å². The van der Waals surface area contributed by atoms with Gasteiger partial charge >= 0.3 is 0 Å². The highest BCUT2D eigenvalue weighted by atomic mass is 19.2. The average molecular weight is 390 g/mol. The van der Waals surface area contributed by atoms with E-state index in [1.54, 1.807) is 24.4 Å². The molecule has 0 saturated carbocycles. The minimum absolute atomic E-state index is 0.0215. The first-order chi connectivity index (χ1) is 13.3. The van der Waals surface area contributed by atoms with Crippen LogP contribution >= 0.6 is 0 Å². The Bertz CT molecular complexity index is 1060. The highest BCUT2D eigenvalue weighted by molar-refractivity contribution is 6.09. The second-order valence-corrected chi connectivity index (χ2v) is 6.20. The second-order valence-electron chi connectivity index (χ2n) is 6.20. The summed E-state index contributed by atoms with van der Waals surface area (Å²) in [5.74, 6) is -5.95. The molecule has 0 spiro atoms. The summed E-state index contributed by atoms with van der Waals surface area (Å²) in [4.78, 5) is 29.2. The maximum absolute atomic E-state index is 13.8. The fourth-order valence-electron chi connectivity index (χ4n) is 2.56. The van der Waals surface area contributed by atoms with Gasteiger partial charge in [0.2, 0.25) is 5.82 Å². The van der Waals surface area contributed by atoms with Crippen molar-refractivity contribution in [1.29, 1.82) is 0 Å². The molecule has 0 bridgehead atoms. The minimum Gasteiger partial charge on any atom is -0.347 e. The molecule has 0 saturated heterocycles. The molecular formula is C19H17F3N4O2. The minimum atomic E-state index is -1.69. The summed E-state index contributed by atoms with van der Waals surface area (Å²) in [7, 11) is 0. The first-order valence-electron chi connectivity index (χ1n) is 8.56. The molecule has 0 fully saturated rings. The first kappa shape index (κ1) is 19.4. The van der Waals surface area contributed by atoms with Crippen LogP contribution in [0, 0.1) is 17.5 Å². The van der Waals surface area contributed by atoms with Crippen molar-refractivity contribution in [3.63, 3.8) is 0 Å². The van der Waals surface area contributed by atoms with Gasteiger partial charge in [0.25, 0.3) is 11.8 Å². The average Bonchev–Trinajstić information content (AvgIpc) is 3.08. The van der Waals surface area contributed by atoms with Crippen molar-refractivity contribution in [2.75, 3.05) is 5.32 Å². The molecule has 9 heteroatoms. The van der Waals surface area contributed by atoms with Crippen LogP contribution < -0.4 is 10.6 Å². The van der Waals surface area contributed by atoms with Crippen LogP contribution in [0.3, 0.4) is 0 Å². The normalized spacial score (nSPS) is 12.0. The highest BCUT2D eigenvalue weighted by Crippen LogP contribution is 2.21. The molecule has 2 amide bonds. The van der Waals surface area contributed by atoms with E-state index in [0.29, 0.717) is 18.0 Å². The maximum atomic E-state index is 13.8. The van der Waals surface area contributed by atoms with E-state index in [-0.39, 0.29) is 17.6 Å². The molecule has 0 aliphatic carbocycles. The third kappa shape index (κ3) is 3.55. The van der Waals surface area contributed by atoms with Crippen LogP contribution in [-0.2, 0) is 0 Å². The number of aromatic nitrogens is 2. The second kappa shape index (κ2) is 7.71. The van der Waals surface area contributed by atoms with Crippen molar-refractivity contribution in [3.8, 4) is 0 Å². The number of benzene rings is 1. The van der Waals surface area contributed by atoms with Crippen molar-refractivity contribution in [2.45, 2.75) is 26.3 Å². The third-order valence-corrected chi connectivity index (χ3v) is 4.24. The van der Waals surface area contributed by atoms with Gasteiger partial charge in [0.05, 0.1) is 11.2 Å². The maximum Gasteiger partial charge on any atom is 0.287 e. The number of hydrogen-bond donors (Lipinski definition) is 2. The molecule has 3 aromatic rings. The monoisotopic (exact) mass is 390 g/mol. The number of amides is 2. The molecule has 146 valence electrons. The fourth-order valence-corrected chi connectivity index (χ4v) is 2.56. The van der Waals surface area contributed by atoms with Crippen LogP contribution in [0.25, 0.3) is 5.52 Å². The van der Waals surface area contributed by atoms with Gasteiger partial charge in [0, 0.05) is 12.2 Å². The van der Waals surface area contributed by atoms with Gasteiger partial charge in [-0.05, 0) is 37.6 Å². The lowest BCUT2D eigenvalue weighted by Crippen LogP contribution is -2.33. The van der Waals surface area contributed by atoms with E-state index < -0.39 is 35.0 Å². The van der Waals surface area contributed by atoms with Crippen LogP contribution in [0.2, 0.25) is 0 Å². The number of nitrogens with one attached hydrogen (secondary N) is 2. The zero-order chi connectivity index (χ0) is 20.4. The number of hydrogen-bond acceptors (Lipinski definition) is 3.